The van der Waals surface area contributed by atoms with Crippen LogP contribution in [-0.4, -0.2) is 43.2 Å². The molecule has 1 aromatic carbocycles. The van der Waals surface area contributed by atoms with Crippen LogP contribution in [0.3, 0.4) is 0 Å². The van der Waals surface area contributed by atoms with E-state index in [9.17, 15) is 13.2 Å². The first-order chi connectivity index (χ1) is 11.5. The van der Waals surface area contributed by atoms with Gasteiger partial charge in [0.15, 0.2) is 0 Å². The number of hydrogen-bond donors (Lipinski definition) is 2. The van der Waals surface area contributed by atoms with Crippen LogP contribution in [0.1, 0.15) is 32.6 Å². The molecule has 1 aromatic rings. The molecule has 1 saturated heterocycles. The third kappa shape index (κ3) is 4.11. The lowest BCUT2D eigenvalue weighted by Gasteiger charge is -2.42. The van der Waals surface area contributed by atoms with E-state index in [4.69, 9.17) is 4.84 Å². The third-order valence-electron chi connectivity index (χ3n) is 4.11. The van der Waals surface area contributed by atoms with Gasteiger partial charge in [-0.2, -0.15) is 12.6 Å². The zero-order valence-corrected chi connectivity index (χ0v) is 15.5. The monoisotopic (exact) mass is 372 g/mol. The van der Waals surface area contributed by atoms with Crippen molar-refractivity contribution >= 4 is 28.6 Å². The Hall–Kier alpha value is -1.09. The third-order valence-corrected chi connectivity index (χ3v) is 6.47. The van der Waals surface area contributed by atoms with Gasteiger partial charge < -0.3 is 10.2 Å². The van der Waals surface area contributed by atoms with Gasteiger partial charge in [-0.25, -0.2) is 8.42 Å². The van der Waals surface area contributed by atoms with Crippen molar-refractivity contribution in [2.24, 2.45) is 0 Å². The number of hydroxylamine groups is 1. The molecule has 0 unspecified atom stereocenters. The van der Waals surface area contributed by atoms with Crippen molar-refractivity contribution < 1.29 is 18.0 Å². The Balaban J connectivity index is 2.44. The molecule has 1 fully saturated rings. The number of nitrogens with zero attached hydrogens (tertiary/aromatic N) is 1. The standard InChI is InChI=1S/C16H24N2O4S2/c1-2-6-15(19)22-18(16(13-23)9-11-17-12-10-16)24(20,21)14-7-4-3-5-8-14/h3-5,7-8,17,23H,2,6,9-13H2,1H3. The molecule has 0 aliphatic carbocycles. The summed E-state index contributed by atoms with van der Waals surface area (Å²) in [5.74, 6) is -0.267. The van der Waals surface area contributed by atoms with Crippen LogP contribution in [0.4, 0.5) is 0 Å². The predicted octanol–water partition coefficient (Wildman–Crippen LogP) is 1.99. The Morgan fingerprint density at radius 1 is 1.29 bits per heavy atom. The normalized spacial score (nSPS) is 17.6. The maximum atomic E-state index is 13.1. The lowest BCUT2D eigenvalue weighted by atomic mass is 9.91. The van der Waals surface area contributed by atoms with E-state index in [0.29, 0.717) is 32.4 Å². The van der Waals surface area contributed by atoms with Gasteiger partial charge in [-0.3, -0.25) is 4.79 Å². The van der Waals surface area contributed by atoms with Crippen molar-refractivity contribution in [3.63, 3.8) is 0 Å². The van der Waals surface area contributed by atoms with Gasteiger partial charge in [-0.15, -0.1) is 0 Å². The number of benzene rings is 1. The topological polar surface area (TPSA) is 75.7 Å². The number of sulfonamides is 1. The maximum Gasteiger partial charge on any atom is 0.326 e. The summed E-state index contributed by atoms with van der Waals surface area (Å²) in [6.07, 6.45) is 1.82. The Bertz CT molecular complexity index is 643. The van der Waals surface area contributed by atoms with E-state index in [1.165, 1.54) is 12.1 Å². The van der Waals surface area contributed by atoms with Crippen molar-refractivity contribution in [2.45, 2.75) is 43.0 Å². The smallest absolute Gasteiger partial charge is 0.326 e. The fourth-order valence-electron chi connectivity index (χ4n) is 2.72. The van der Waals surface area contributed by atoms with E-state index in [1.54, 1.807) is 18.2 Å². The van der Waals surface area contributed by atoms with E-state index in [-0.39, 0.29) is 17.1 Å². The molecule has 6 nitrogen and oxygen atoms in total. The van der Waals surface area contributed by atoms with E-state index in [0.717, 1.165) is 4.47 Å². The van der Waals surface area contributed by atoms with Crippen LogP contribution in [0, 0.1) is 0 Å². The summed E-state index contributed by atoms with van der Waals surface area (Å²) >= 11 is 4.38. The average Bonchev–Trinajstić information content (AvgIpc) is 2.61. The van der Waals surface area contributed by atoms with Crippen LogP contribution >= 0.6 is 12.6 Å². The molecule has 0 bridgehead atoms. The van der Waals surface area contributed by atoms with E-state index in [2.05, 4.69) is 17.9 Å². The molecule has 2 rings (SSSR count). The molecular weight excluding hydrogens is 348 g/mol. The minimum absolute atomic E-state index is 0.106. The lowest BCUT2D eigenvalue weighted by Crippen LogP contribution is -2.58. The van der Waals surface area contributed by atoms with Gasteiger partial charge in [-0.05, 0) is 49.0 Å². The highest BCUT2D eigenvalue weighted by atomic mass is 32.2. The van der Waals surface area contributed by atoms with Crippen LogP contribution < -0.4 is 5.32 Å². The Morgan fingerprint density at radius 3 is 2.46 bits per heavy atom. The van der Waals surface area contributed by atoms with Crippen molar-refractivity contribution in [2.75, 3.05) is 18.8 Å². The molecule has 1 heterocycles. The van der Waals surface area contributed by atoms with Gasteiger partial charge in [0.05, 0.1) is 10.4 Å². The molecule has 0 amide bonds. The molecule has 134 valence electrons. The predicted molar refractivity (Wildman–Crippen MR) is 95.2 cm³/mol. The highest BCUT2D eigenvalue weighted by Gasteiger charge is 2.47. The number of piperidine rings is 1. The fourth-order valence-corrected chi connectivity index (χ4v) is 4.89. The van der Waals surface area contributed by atoms with Gasteiger partial charge in [0.2, 0.25) is 0 Å². The molecule has 1 N–H and O–H groups in total. The number of nitrogens with one attached hydrogen (secondary N) is 1. The van der Waals surface area contributed by atoms with Crippen LogP contribution in [-0.2, 0) is 19.7 Å². The summed E-state index contributed by atoms with van der Waals surface area (Å²) in [7, 11) is -3.97. The minimum atomic E-state index is -3.97. The fraction of sp³-hybridized carbons (Fsp3) is 0.562. The zero-order chi connectivity index (χ0) is 17.6. The lowest BCUT2D eigenvalue weighted by molar-refractivity contribution is -0.187. The minimum Gasteiger partial charge on any atom is -0.352 e. The first-order valence-corrected chi connectivity index (χ1v) is 10.2. The van der Waals surface area contributed by atoms with Crippen LogP contribution in [0.25, 0.3) is 0 Å². The molecule has 1 aliphatic rings. The molecule has 1 aliphatic heterocycles. The SMILES string of the molecule is CCCC(=O)ON(C1(CS)CCNCC1)S(=O)(=O)c1ccccc1. The second kappa shape index (κ2) is 8.33. The molecule has 24 heavy (non-hydrogen) atoms. The van der Waals surface area contributed by atoms with Gasteiger partial charge in [0.25, 0.3) is 10.0 Å². The Morgan fingerprint density at radius 2 is 1.92 bits per heavy atom. The summed E-state index contributed by atoms with van der Waals surface area (Å²) in [4.78, 5) is 17.5. The Labute approximate surface area is 149 Å². The molecule has 0 spiro atoms. The van der Waals surface area contributed by atoms with E-state index < -0.39 is 21.5 Å². The quantitative estimate of drug-likeness (QED) is 0.565. The van der Waals surface area contributed by atoms with E-state index >= 15 is 0 Å². The van der Waals surface area contributed by atoms with Crippen molar-refractivity contribution in [3.05, 3.63) is 30.3 Å². The van der Waals surface area contributed by atoms with E-state index in [1.807, 2.05) is 6.92 Å². The summed E-state index contributed by atoms with van der Waals surface area (Å²) in [5, 5.41) is 3.20. The first-order valence-electron chi connectivity index (χ1n) is 8.09. The molecular formula is C16H24N2O4S2. The highest BCUT2D eigenvalue weighted by molar-refractivity contribution is 7.89. The maximum absolute atomic E-state index is 13.1. The largest absolute Gasteiger partial charge is 0.352 e. The molecule has 8 heteroatoms. The second-order valence-electron chi connectivity index (χ2n) is 5.89. The Kier molecular flexibility index (Phi) is 6.68. The van der Waals surface area contributed by atoms with Gasteiger partial charge in [0.1, 0.15) is 0 Å². The van der Waals surface area contributed by atoms with Crippen LogP contribution in [0.2, 0.25) is 0 Å². The molecule has 0 atom stereocenters. The van der Waals surface area contributed by atoms with Crippen LogP contribution in [0.5, 0.6) is 0 Å². The van der Waals surface area contributed by atoms with Gasteiger partial charge >= 0.3 is 5.97 Å². The number of carbonyl (C=O) groups is 1. The number of carbonyl (C=O) groups excluding carboxylic acids is 1. The van der Waals surface area contributed by atoms with Crippen molar-refractivity contribution in [3.8, 4) is 0 Å². The summed E-state index contributed by atoms with van der Waals surface area (Å²) in [5.41, 5.74) is -0.841. The van der Waals surface area contributed by atoms with Crippen molar-refractivity contribution in [1.29, 1.82) is 0 Å². The first kappa shape index (κ1) is 19.2. The number of hydrogen-bond acceptors (Lipinski definition) is 6. The molecule has 0 radical (unpaired) electrons. The molecule has 0 saturated carbocycles. The second-order valence-corrected chi connectivity index (χ2v) is 7.96. The number of rotatable bonds is 7. The van der Waals surface area contributed by atoms with Crippen molar-refractivity contribution in [1.82, 2.24) is 9.79 Å². The van der Waals surface area contributed by atoms with Crippen LogP contribution in [0.15, 0.2) is 35.2 Å². The molecule has 0 aromatic heterocycles. The zero-order valence-electron chi connectivity index (χ0n) is 13.8. The number of thiol groups is 1. The summed E-state index contributed by atoms with van der Waals surface area (Å²) in [6, 6.07) is 8.04. The highest BCUT2D eigenvalue weighted by Crippen LogP contribution is 2.33. The summed E-state index contributed by atoms with van der Waals surface area (Å²) < 4.78 is 27.2. The summed E-state index contributed by atoms with van der Waals surface area (Å²) in [6.45, 7) is 3.13. The van der Waals surface area contributed by atoms with Gasteiger partial charge in [-0.1, -0.05) is 25.1 Å². The van der Waals surface area contributed by atoms with Gasteiger partial charge in [0, 0.05) is 12.2 Å². The average molecular weight is 373 g/mol.